The molecule has 30 heavy (non-hydrogen) atoms. The Labute approximate surface area is 180 Å². The van der Waals surface area contributed by atoms with Crippen molar-refractivity contribution in [1.82, 2.24) is 15.0 Å². The lowest BCUT2D eigenvalue weighted by molar-refractivity contribution is 0.339. The number of rotatable bonds is 12. The number of pyridine rings is 1. The Hall–Kier alpha value is -2.18. The largest absolute Gasteiger partial charge is 0.325 e. The molecule has 166 valence electrons. The van der Waals surface area contributed by atoms with Crippen LogP contribution in [0.4, 0.5) is 5.69 Å². The summed E-state index contributed by atoms with van der Waals surface area (Å²) in [7, 11) is -3.17. The van der Waals surface area contributed by atoms with Gasteiger partial charge in [-0.2, -0.15) is 5.26 Å². The van der Waals surface area contributed by atoms with E-state index in [-0.39, 0.29) is 5.75 Å². The standard InChI is InChI=1S/C21H34N6O2S/c22-18-25-21(27-20-11-14-23-15-12-20)24-13-6-1-2-7-17-30(28,29)26-16-10-19-8-4-3-5-9-19/h11-12,14-15,19,26H,1-10,13,16-17H2,(H2,23,24,25,27). The van der Waals surface area contributed by atoms with Gasteiger partial charge in [0.05, 0.1) is 5.75 Å². The molecule has 0 aliphatic heterocycles. The molecular weight excluding hydrogens is 400 g/mol. The molecule has 1 fully saturated rings. The summed E-state index contributed by atoms with van der Waals surface area (Å²) >= 11 is 0. The quantitative estimate of drug-likeness (QED) is 0.153. The monoisotopic (exact) mass is 434 g/mol. The summed E-state index contributed by atoms with van der Waals surface area (Å²) in [6.45, 7) is 1.13. The number of guanidine groups is 1. The Bertz CT molecular complexity index is 770. The first-order chi connectivity index (χ1) is 14.6. The van der Waals surface area contributed by atoms with Crippen molar-refractivity contribution in [1.29, 1.82) is 5.26 Å². The summed E-state index contributed by atoms with van der Waals surface area (Å²) in [5.41, 5.74) is 0.799. The second kappa shape index (κ2) is 13.9. The number of unbranched alkanes of at least 4 members (excludes halogenated alkanes) is 3. The van der Waals surface area contributed by atoms with Gasteiger partial charge in [-0.15, -0.1) is 0 Å². The molecule has 2 rings (SSSR count). The van der Waals surface area contributed by atoms with Crippen LogP contribution in [-0.2, 0) is 10.0 Å². The number of sulfonamides is 1. The highest BCUT2D eigenvalue weighted by atomic mass is 32.2. The summed E-state index contributed by atoms with van der Waals surface area (Å²) in [6.07, 6.45) is 15.8. The number of aliphatic imine (C=N–C) groups is 1. The predicted molar refractivity (Wildman–Crippen MR) is 120 cm³/mol. The number of anilines is 1. The first kappa shape index (κ1) is 24.1. The molecular formula is C21H34N6O2S. The Kier molecular flexibility index (Phi) is 11.2. The van der Waals surface area contributed by atoms with E-state index in [1.165, 1.54) is 32.1 Å². The molecule has 8 nitrogen and oxygen atoms in total. The van der Waals surface area contributed by atoms with E-state index in [0.717, 1.165) is 31.4 Å². The molecule has 0 aromatic carbocycles. The van der Waals surface area contributed by atoms with Crippen molar-refractivity contribution in [2.45, 2.75) is 64.2 Å². The molecule has 1 aromatic heterocycles. The third-order valence-electron chi connectivity index (χ3n) is 5.31. The van der Waals surface area contributed by atoms with Gasteiger partial charge in [0.2, 0.25) is 16.0 Å². The molecule has 0 spiro atoms. The molecule has 0 unspecified atom stereocenters. The maximum Gasteiger partial charge on any atom is 0.211 e. The van der Waals surface area contributed by atoms with Crippen molar-refractivity contribution < 1.29 is 8.42 Å². The maximum absolute atomic E-state index is 12.1. The molecule has 1 saturated carbocycles. The summed E-state index contributed by atoms with van der Waals surface area (Å²) in [5, 5.41) is 14.4. The third kappa shape index (κ3) is 10.6. The highest BCUT2D eigenvalue weighted by Crippen LogP contribution is 2.25. The minimum Gasteiger partial charge on any atom is -0.325 e. The number of hydrogen-bond donors (Lipinski definition) is 3. The van der Waals surface area contributed by atoms with Crippen LogP contribution in [-0.4, -0.2) is 38.2 Å². The fourth-order valence-electron chi connectivity index (χ4n) is 3.65. The summed E-state index contributed by atoms with van der Waals surface area (Å²) in [6, 6.07) is 3.58. The van der Waals surface area contributed by atoms with Crippen LogP contribution in [0.1, 0.15) is 64.2 Å². The lowest BCUT2D eigenvalue weighted by atomic mass is 9.87. The van der Waals surface area contributed by atoms with Gasteiger partial charge < -0.3 is 5.32 Å². The highest BCUT2D eigenvalue weighted by molar-refractivity contribution is 7.89. The van der Waals surface area contributed by atoms with Crippen molar-refractivity contribution in [2.24, 2.45) is 10.9 Å². The van der Waals surface area contributed by atoms with Crippen LogP contribution in [0.2, 0.25) is 0 Å². The minimum absolute atomic E-state index is 0.186. The first-order valence-corrected chi connectivity index (χ1v) is 12.6. The number of aromatic nitrogens is 1. The number of nitrogens with one attached hydrogen (secondary N) is 3. The van der Waals surface area contributed by atoms with Gasteiger partial charge in [0.15, 0.2) is 6.19 Å². The maximum atomic E-state index is 12.1. The SMILES string of the molecule is N#CNC(=NCCCCCCS(=O)(=O)NCCC1CCCCC1)Nc1ccncc1. The van der Waals surface area contributed by atoms with Crippen LogP contribution in [0.25, 0.3) is 0 Å². The van der Waals surface area contributed by atoms with E-state index in [1.807, 2.05) is 6.19 Å². The van der Waals surface area contributed by atoms with Gasteiger partial charge in [0, 0.05) is 31.2 Å². The Morgan fingerprint density at radius 1 is 1.13 bits per heavy atom. The average Bonchev–Trinajstić information content (AvgIpc) is 2.74. The lowest BCUT2D eigenvalue weighted by Crippen LogP contribution is -2.28. The lowest BCUT2D eigenvalue weighted by Gasteiger charge is -2.21. The van der Waals surface area contributed by atoms with E-state index in [4.69, 9.17) is 5.26 Å². The van der Waals surface area contributed by atoms with E-state index in [9.17, 15) is 8.42 Å². The van der Waals surface area contributed by atoms with Crippen LogP contribution in [0.5, 0.6) is 0 Å². The van der Waals surface area contributed by atoms with Crippen molar-refractivity contribution in [3.63, 3.8) is 0 Å². The van der Waals surface area contributed by atoms with Crippen LogP contribution >= 0.6 is 0 Å². The second-order valence-corrected chi connectivity index (χ2v) is 9.67. The number of nitrogens with zero attached hydrogens (tertiary/aromatic N) is 3. The fraction of sp³-hybridized carbons (Fsp3) is 0.667. The molecule has 3 N–H and O–H groups in total. The van der Waals surface area contributed by atoms with Gasteiger partial charge in [0.25, 0.3) is 0 Å². The zero-order valence-corrected chi connectivity index (χ0v) is 18.5. The van der Waals surface area contributed by atoms with E-state index in [0.29, 0.717) is 31.4 Å². The van der Waals surface area contributed by atoms with E-state index >= 15 is 0 Å². The van der Waals surface area contributed by atoms with Gasteiger partial charge in [-0.1, -0.05) is 44.9 Å². The summed E-state index contributed by atoms with van der Waals surface area (Å²) < 4.78 is 27.0. The highest BCUT2D eigenvalue weighted by Gasteiger charge is 2.15. The van der Waals surface area contributed by atoms with Gasteiger partial charge in [0.1, 0.15) is 0 Å². The summed E-state index contributed by atoms with van der Waals surface area (Å²) in [5.74, 6) is 1.27. The fourth-order valence-corrected chi connectivity index (χ4v) is 4.81. The Morgan fingerprint density at radius 2 is 1.87 bits per heavy atom. The van der Waals surface area contributed by atoms with Crippen LogP contribution in [0.15, 0.2) is 29.5 Å². The molecule has 1 heterocycles. The van der Waals surface area contributed by atoms with Gasteiger partial charge in [-0.05, 0) is 37.3 Å². The first-order valence-electron chi connectivity index (χ1n) is 10.9. The van der Waals surface area contributed by atoms with Crippen molar-refractivity contribution in [3.8, 4) is 6.19 Å². The number of nitriles is 1. The minimum atomic E-state index is -3.17. The van der Waals surface area contributed by atoms with Crippen LogP contribution in [0.3, 0.4) is 0 Å². The number of hydrogen-bond acceptors (Lipinski definition) is 5. The third-order valence-corrected chi connectivity index (χ3v) is 6.78. The zero-order valence-electron chi connectivity index (χ0n) is 17.6. The second-order valence-electron chi connectivity index (χ2n) is 7.75. The van der Waals surface area contributed by atoms with E-state index in [2.05, 4.69) is 25.3 Å². The van der Waals surface area contributed by atoms with Crippen LogP contribution in [0, 0.1) is 17.4 Å². The molecule has 9 heteroatoms. The smallest absolute Gasteiger partial charge is 0.211 e. The molecule has 1 aromatic rings. The molecule has 1 aliphatic rings. The van der Waals surface area contributed by atoms with Crippen LogP contribution < -0.4 is 15.4 Å². The molecule has 0 bridgehead atoms. The molecule has 1 aliphatic carbocycles. The van der Waals surface area contributed by atoms with Crippen molar-refractivity contribution >= 4 is 21.7 Å². The average molecular weight is 435 g/mol. The molecule has 0 amide bonds. The molecule has 0 saturated heterocycles. The molecule has 0 radical (unpaired) electrons. The molecule has 0 atom stereocenters. The van der Waals surface area contributed by atoms with Crippen molar-refractivity contribution in [3.05, 3.63) is 24.5 Å². The Morgan fingerprint density at radius 3 is 2.60 bits per heavy atom. The van der Waals surface area contributed by atoms with Gasteiger partial charge in [-0.3, -0.25) is 15.3 Å². The normalized spacial score (nSPS) is 15.5. The topological polar surface area (TPSA) is 119 Å². The summed E-state index contributed by atoms with van der Waals surface area (Å²) in [4.78, 5) is 8.31. The zero-order chi connectivity index (χ0) is 21.5. The van der Waals surface area contributed by atoms with Crippen molar-refractivity contribution in [2.75, 3.05) is 24.2 Å². The van der Waals surface area contributed by atoms with Gasteiger partial charge in [-0.25, -0.2) is 13.1 Å². The van der Waals surface area contributed by atoms with E-state index in [1.54, 1.807) is 24.5 Å². The van der Waals surface area contributed by atoms with E-state index < -0.39 is 10.0 Å². The Balaban J connectivity index is 1.56. The van der Waals surface area contributed by atoms with Gasteiger partial charge >= 0.3 is 0 Å². The predicted octanol–water partition coefficient (Wildman–Crippen LogP) is 3.37.